The van der Waals surface area contributed by atoms with Crippen LogP contribution in [0.1, 0.15) is 6.92 Å². The maximum Gasteiger partial charge on any atom is 0.322 e. The molecule has 0 aliphatic carbocycles. The van der Waals surface area contributed by atoms with Crippen LogP contribution in [0.2, 0.25) is 0 Å². The van der Waals surface area contributed by atoms with E-state index in [4.69, 9.17) is 15.9 Å². The van der Waals surface area contributed by atoms with Gasteiger partial charge in [-0.2, -0.15) is 0 Å². The molecule has 0 aromatic rings. The Morgan fingerprint density at radius 1 is 1.70 bits per heavy atom. The number of aliphatic hydroxyl groups is 2. The summed E-state index contributed by atoms with van der Waals surface area (Å²) >= 11 is 0. The van der Waals surface area contributed by atoms with Gasteiger partial charge in [-0.05, 0) is 6.92 Å². The first-order valence-electron chi connectivity index (χ1n) is 2.82. The van der Waals surface area contributed by atoms with Crippen molar-refractivity contribution in [2.45, 2.75) is 19.3 Å². The van der Waals surface area contributed by atoms with Crippen LogP contribution in [0.15, 0.2) is 0 Å². The van der Waals surface area contributed by atoms with Crippen molar-refractivity contribution in [3.63, 3.8) is 0 Å². The minimum Gasteiger partial charge on any atom is -0.459 e. The molecule has 0 rings (SSSR count). The topological polar surface area (TPSA) is 92.8 Å². The second-order valence-electron chi connectivity index (χ2n) is 1.90. The number of carbonyl (C=O) groups is 1. The van der Waals surface area contributed by atoms with Crippen LogP contribution in [0.3, 0.4) is 0 Å². The third kappa shape index (κ3) is 4.25. The van der Waals surface area contributed by atoms with E-state index < -0.39 is 24.9 Å². The molecule has 5 heteroatoms. The molecule has 60 valence electrons. The molecule has 10 heavy (non-hydrogen) atoms. The Morgan fingerprint density at radius 2 is 2.20 bits per heavy atom. The van der Waals surface area contributed by atoms with Gasteiger partial charge in [0.25, 0.3) is 0 Å². The van der Waals surface area contributed by atoms with Crippen molar-refractivity contribution in [1.82, 2.24) is 0 Å². The Bertz CT molecular complexity index is 112. The maximum absolute atomic E-state index is 10.5. The molecule has 0 aromatic heterocycles. The SMILES string of the molecule is C[C@H](N)C(=O)OCC(O)O. The quantitative estimate of drug-likeness (QED) is 0.325. The minimum absolute atomic E-state index is 0.430. The molecule has 0 radical (unpaired) electrons. The van der Waals surface area contributed by atoms with Crippen molar-refractivity contribution in [1.29, 1.82) is 0 Å². The lowest BCUT2D eigenvalue weighted by atomic mass is 10.4. The fourth-order valence-electron chi connectivity index (χ4n) is 0.288. The highest BCUT2D eigenvalue weighted by atomic mass is 16.6. The van der Waals surface area contributed by atoms with Gasteiger partial charge in [-0.3, -0.25) is 4.79 Å². The van der Waals surface area contributed by atoms with Gasteiger partial charge >= 0.3 is 5.97 Å². The summed E-state index contributed by atoms with van der Waals surface area (Å²) in [6.07, 6.45) is -1.62. The zero-order valence-corrected chi connectivity index (χ0v) is 5.65. The van der Waals surface area contributed by atoms with Gasteiger partial charge in [-0.15, -0.1) is 0 Å². The van der Waals surface area contributed by atoms with Gasteiger partial charge < -0.3 is 20.7 Å². The lowest BCUT2D eigenvalue weighted by molar-refractivity contribution is -0.157. The van der Waals surface area contributed by atoms with Crippen molar-refractivity contribution in [3.05, 3.63) is 0 Å². The van der Waals surface area contributed by atoms with Crippen molar-refractivity contribution >= 4 is 5.97 Å². The number of rotatable bonds is 3. The number of aliphatic hydroxyl groups excluding tert-OH is 1. The van der Waals surface area contributed by atoms with Gasteiger partial charge in [0.2, 0.25) is 0 Å². The molecule has 4 N–H and O–H groups in total. The molecule has 0 fully saturated rings. The van der Waals surface area contributed by atoms with Gasteiger partial charge in [-0.25, -0.2) is 0 Å². The Balaban J connectivity index is 3.40. The van der Waals surface area contributed by atoms with Crippen molar-refractivity contribution in [2.24, 2.45) is 5.73 Å². The molecular weight excluding hydrogens is 138 g/mol. The summed E-state index contributed by atoms with van der Waals surface area (Å²) in [5, 5.41) is 16.4. The molecule has 0 heterocycles. The van der Waals surface area contributed by atoms with E-state index in [9.17, 15) is 4.79 Å². The summed E-state index contributed by atoms with van der Waals surface area (Å²) in [5.41, 5.74) is 5.08. The zero-order valence-electron chi connectivity index (χ0n) is 5.65. The molecule has 0 aliphatic heterocycles. The summed E-state index contributed by atoms with van der Waals surface area (Å²) in [6.45, 7) is 1.02. The van der Waals surface area contributed by atoms with Crippen LogP contribution in [0.25, 0.3) is 0 Å². The summed E-state index contributed by atoms with van der Waals surface area (Å²) in [4.78, 5) is 10.5. The molecule has 0 saturated carbocycles. The summed E-state index contributed by atoms with van der Waals surface area (Å²) in [6, 6.07) is -0.723. The molecule has 0 unspecified atom stereocenters. The predicted molar refractivity (Wildman–Crippen MR) is 32.8 cm³/mol. The molecule has 0 aliphatic rings. The molecule has 0 aromatic carbocycles. The maximum atomic E-state index is 10.5. The molecule has 0 bridgehead atoms. The Morgan fingerprint density at radius 3 is 2.50 bits per heavy atom. The van der Waals surface area contributed by atoms with E-state index in [1.54, 1.807) is 0 Å². The van der Waals surface area contributed by atoms with E-state index in [-0.39, 0.29) is 0 Å². The number of hydrogen-bond donors (Lipinski definition) is 3. The molecule has 0 spiro atoms. The smallest absolute Gasteiger partial charge is 0.322 e. The Kier molecular flexibility index (Phi) is 3.94. The third-order valence-electron chi connectivity index (χ3n) is 0.746. The second kappa shape index (κ2) is 4.21. The summed E-state index contributed by atoms with van der Waals surface area (Å²) in [5.74, 6) is -0.645. The lowest BCUT2D eigenvalue weighted by Crippen LogP contribution is -2.31. The van der Waals surface area contributed by atoms with Gasteiger partial charge in [-0.1, -0.05) is 0 Å². The number of hydrogen-bond acceptors (Lipinski definition) is 5. The van der Waals surface area contributed by atoms with E-state index in [2.05, 4.69) is 4.74 Å². The van der Waals surface area contributed by atoms with Crippen LogP contribution in [-0.4, -0.2) is 35.1 Å². The average molecular weight is 149 g/mol. The lowest BCUT2D eigenvalue weighted by Gasteiger charge is -2.07. The van der Waals surface area contributed by atoms with Gasteiger partial charge in [0, 0.05) is 0 Å². The highest BCUT2D eigenvalue weighted by Gasteiger charge is 2.09. The predicted octanol–water partition coefficient (Wildman–Crippen LogP) is -1.81. The number of esters is 1. The Hall–Kier alpha value is -0.650. The van der Waals surface area contributed by atoms with Crippen LogP contribution in [0.4, 0.5) is 0 Å². The van der Waals surface area contributed by atoms with Crippen LogP contribution >= 0.6 is 0 Å². The largest absolute Gasteiger partial charge is 0.459 e. The number of ether oxygens (including phenoxy) is 1. The summed E-state index contributed by atoms with van der Waals surface area (Å²) < 4.78 is 4.30. The fourth-order valence-corrected chi connectivity index (χ4v) is 0.288. The van der Waals surface area contributed by atoms with Crippen molar-refractivity contribution in [3.8, 4) is 0 Å². The normalized spacial score (nSPS) is 13.3. The van der Waals surface area contributed by atoms with Gasteiger partial charge in [0.1, 0.15) is 12.6 Å². The molecule has 1 atom stereocenters. The van der Waals surface area contributed by atoms with Crippen molar-refractivity contribution in [2.75, 3.05) is 6.61 Å². The second-order valence-corrected chi connectivity index (χ2v) is 1.90. The molecule has 0 saturated heterocycles. The first kappa shape index (κ1) is 9.35. The zero-order chi connectivity index (χ0) is 8.15. The highest BCUT2D eigenvalue weighted by Crippen LogP contribution is 1.85. The third-order valence-corrected chi connectivity index (χ3v) is 0.746. The summed E-state index contributed by atoms with van der Waals surface area (Å²) in [7, 11) is 0. The highest BCUT2D eigenvalue weighted by molar-refractivity contribution is 5.74. The van der Waals surface area contributed by atoms with E-state index >= 15 is 0 Å². The first-order valence-corrected chi connectivity index (χ1v) is 2.82. The molecule has 0 amide bonds. The first-order chi connectivity index (χ1) is 4.54. The van der Waals surface area contributed by atoms with E-state index in [0.717, 1.165) is 0 Å². The monoisotopic (exact) mass is 149 g/mol. The van der Waals surface area contributed by atoms with Crippen molar-refractivity contribution < 1.29 is 19.7 Å². The van der Waals surface area contributed by atoms with Gasteiger partial charge in [0.15, 0.2) is 6.29 Å². The van der Waals surface area contributed by atoms with Crippen LogP contribution in [0, 0.1) is 0 Å². The van der Waals surface area contributed by atoms with E-state index in [1.165, 1.54) is 6.92 Å². The van der Waals surface area contributed by atoms with Gasteiger partial charge in [0.05, 0.1) is 0 Å². The van der Waals surface area contributed by atoms with E-state index in [0.29, 0.717) is 0 Å². The van der Waals surface area contributed by atoms with Crippen LogP contribution < -0.4 is 5.73 Å². The minimum atomic E-state index is -1.62. The number of nitrogens with two attached hydrogens (primary N) is 1. The standard InChI is InChI=1S/C5H11NO4/c1-3(6)5(9)10-2-4(7)8/h3-4,7-8H,2,6H2,1H3/t3-/m0/s1. The molecular formula is C5H11NO4. The van der Waals surface area contributed by atoms with E-state index in [1.807, 2.05) is 0 Å². The average Bonchev–Trinajstić information content (AvgIpc) is 1.82. The Labute approximate surface area is 58.4 Å². The van der Waals surface area contributed by atoms with Crippen LogP contribution in [-0.2, 0) is 9.53 Å². The van der Waals surface area contributed by atoms with Crippen LogP contribution in [0.5, 0.6) is 0 Å². The number of carbonyl (C=O) groups excluding carboxylic acids is 1. The molecule has 5 nitrogen and oxygen atoms in total. The fraction of sp³-hybridized carbons (Fsp3) is 0.800.